The Kier molecular flexibility index (Phi) is 5.14. The summed E-state index contributed by atoms with van der Waals surface area (Å²) in [5, 5.41) is 2.78. The Balaban J connectivity index is 2.03. The van der Waals surface area contributed by atoms with Crippen molar-refractivity contribution in [1.29, 1.82) is 0 Å². The number of anilines is 2. The molecule has 0 aliphatic rings. The van der Waals surface area contributed by atoms with Crippen molar-refractivity contribution in [2.45, 2.75) is 6.92 Å². The van der Waals surface area contributed by atoms with Gasteiger partial charge in [-0.15, -0.1) is 0 Å². The lowest BCUT2D eigenvalue weighted by Crippen LogP contribution is -2.33. The number of primary amides is 1. The van der Waals surface area contributed by atoms with Crippen LogP contribution < -0.4 is 16.0 Å². The van der Waals surface area contributed by atoms with Gasteiger partial charge in [0, 0.05) is 23.5 Å². The largest absolute Gasteiger partial charge is 0.366 e. The molecule has 0 aliphatic carbocycles. The average Bonchev–Trinajstić information content (AvgIpc) is 2.53. The van der Waals surface area contributed by atoms with Crippen molar-refractivity contribution < 1.29 is 9.59 Å². The molecular weight excluding hydrogens is 278 g/mol. The number of rotatable bonds is 6. The highest BCUT2D eigenvalue weighted by molar-refractivity contribution is 5.97. The van der Waals surface area contributed by atoms with Crippen LogP contribution in [-0.4, -0.2) is 24.9 Å². The molecule has 2 amide bonds. The average molecular weight is 297 g/mol. The van der Waals surface area contributed by atoms with Gasteiger partial charge in [-0.2, -0.15) is 0 Å². The second kappa shape index (κ2) is 7.26. The van der Waals surface area contributed by atoms with Crippen LogP contribution in [0.1, 0.15) is 17.3 Å². The third-order valence-electron chi connectivity index (χ3n) is 3.27. The number of amides is 2. The fourth-order valence-corrected chi connectivity index (χ4v) is 2.15. The van der Waals surface area contributed by atoms with Crippen molar-refractivity contribution in [2.75, 3.05) is 23.3 Å². The van der Waals surface area contributed by atoms with E-state index >= 15 is 0 Å². The zero-order chi connectivity index (χ0) is 15.9. The summed E-state index contributed by atoms with van der Waals surface area (Å²) in [6.45, 7) is 2.95. The van der Waals surface area contributed by atoms with E-state index in [-0.39, 0.29) is 12.5 Å². The number of para-hydroxylation sites is 1. The predicted molar refractivity (Wildman–Crippen MR) is 87.9 cm³/mol. The normalized spacial score (nSPS) is 10.0. The van der Waals surface area contributed by atoms with Crippen molar-refractivity contribution in [3.63, 3.8) is 0 Å². The standard InChI is InChI=1S/C17H19N3O2/c1-2-20(15-9-4-3-5-10-15)12-16(21)19-14-8-6-7-13(11-14)17(18)22/h3-11H,2,12H2,1H3,(H2,18,22)(H,19,21). The molecule has 2 aromatic carbocycles. The highest BCUT2D eigenvalue weighted by atomic mass is 16.2. The SMILES string of the molecule is CCN(CC(=O)Nc1cccc(C(N)=O)c1)c1ccccc1. The first kappa shape index (κ1) is 15.6. The van der Waals surface area contributed by atoms with Crippen LogP contribution in [0.2, 0.25) is 0 Å². The number of likely N-dealkylation sites (N-methyl/N-ethyl adjacent to an activating group) is 1. The number of benzene rings is 2. The minimum atomic E-state index is -0.518. The summed E-state index contributed by atoms with van der Waals surface area (Å²) < 4.78 is 0. The number of nitrogens with two attached hydrogens (primary N) is 1. The third kappa shape index (κ3) is 4.09. The van der Waals surface area contributed by atoms with Gasteiger partial charge in [-0.3, -0.25) is 9.59 Å². The van der Waals surface area contributed by atoms with Crippen LogP contribution in [0.4, 0.5) is 11.4 Å². The zero-order valence-electron chi connectivity index (χ0n) is 12.5. The van der Waals surface area contributed by atoms with Crippen molar-refractivity contribution >= 4 is 23.2 Å². The fraction of sp³-hybridized carbons (Fsp3) is 0.176. The van der Waals surface area contributed by atoms with Crippen molar-refractivity contribution in [3.05, 3.63) is 60.2 Å². The first-order valence-corrected chi connectivity index (χ1v) is 7.10. The zero-order valence-corrected chi connectivity index (χ0v) is 12.5. The van der Waals surface area contributed by atoms with E-state index in [1.165, 1.54) is 0 Å². The lowest BCUT2D eigenvalue weighted by molar-refractivity contribution is -0.115. The molecule has 22 heavy (non-hydrogen) atoms. The molecule has 2 aromatic rings. The highest BCUT2D eigenvalue weighted by Gasteiger charge is 2.10. The van der Waals surface area contributed by atoms with Crippen LogP contribution in [0.5, 0.6) is 0 Å². The van der Waals surface area contributed by atoms with Gasteiger partial charge in [0.2, 0.25) is 11.8 Å². The number of carbonyl (C=O) groups is 2. The van der Waals surface area contributed by atoms with Gasteiger partial charge < -0.3 is 16.0 Å². The van der Waals surface area contributed by atoms with Gasteiger partial charge in [-0.05, 0) is 37.3 Å². The van der Waals surface area contributed by atoms with Gasteiger partial charge in [-0.1, -0.05) is 24.3 Å². The quantitative estimate of drug-likeness (QED) is 0.858. The number of hydrogen-bond donors (Lipinski definition) is 2. The summed E-state index contributed by atoms with van der Waals surface area (Å²) in [6.07, 6.45) is 0. The van der Waals surface area contributed by atoms with E-state index in [1.807, 2.05) is 42.2 Å². The maximum atomic E-state index is 12.2. The second-order valence-electron chi connectivity index (χ2n) is 4.84. The van der Waals surface area contributed by atoms with Gasteiger partial charge >= 0.3 is 0 Å². The van der Waals surface area contributed by atoms with Gasteiger partial charge in [-0.25, -0.2) is 0 Å². The molecule has 0 saturated heterocycles. The van der Waals surface area contributed by atoms with E-state index in [2.05, 4.69) is 5.32 Å². The van der Waals surface area contributed by atoms with Gasteiger partial charge in [0.1, 0.15) is 0 Å². The van der Waals surface area contributed by atoms with E-state index in [0.29, 0.717) is 11.3 Å². The van der Waals surface area contributed by atoms with Crippen LogP contribution in [0.3, 0.4) is 0 Å². The lowest BCUT2D eigenvalue weighted by atomic mass is 10.2. The van der Waals surface area contributed by atoms with Crippen LogP contribution >= 0.6 is 0 Å². The summed E-state index contributed by atoms with van der Waals surface area (Å²) in [4.78, 5) is 25.3. The molecule has 0 spiro atoms. The molecule has 0 saturated carbocycles. The summed E-state index contributed by atoms with van der Waals surface area (Å²) in [5.74, 6) is -0.664. The van der Waals surface area contributed by atoms with E-state index in [1.54, 1.807) is 24.3 Å². The molecule has 0 bridgehead atoms. The molecule has 0 heterocycles. The number of nitrogens with one attached hydrogen (secondary N) is 1. The molecule has 0 aliphatic heterocycles. The topological polar surface area (TPSA) is 75.4 Å². The van der Waals surface area contributed by atoms with Crippen molar-refractivity contribution in [3.8, 4) is 0 Å². The Labute approximate surface area is 129 Å². The molecule has 0 unspecified atom stereocenters. The van der Waals surface area contributed by atoms with Gasteiger partial charge in [0.25, 0.3) is 0 Å². The molecule has 0 atom stereocenters. The number of nitrogens with zero attached hydrogens (tertiary/aromatic N) is 1. The van der Waals surface area contributed by atoms with Gasteiger partial charge in [0.15, 0.2) is 0 Å². The van der Waals surface area contributed by atoms with Crippen molar-refractivity contribution in [1.82, 2.24) is 0 Å². The van der Waals surface area contributed by atoms with Crippen LogP contribution in [-0.2, 0) is 4.79 Å². The molecule has 5 heteroatoms. The Morgan fingerprint density at radius 2 is 1.82 bits per heavy atom. The molecule has 0 radical (unpaired) electrons. The van der Waals surface area contributed by atoms with E-state index in [0.717, 1.165) is 12.2 Å². The minimum absolute atomic E-state index is 0.146. The minimum Gasteiger partial charge on any atom is -0.366 e. The van der Waals surface area contributed by atoms with Gasteiger partial charge in [0.05, 0.1) is 6.54 Å². The van der Waals surface area contributed by atoms with Crippen LogP contribution in [0.15, 0.2) is 54.6 Å². The molecular formula is C17H19N3O2. The third-order valence-corrected chi connectivity index (χ3v) is 3.27. The first-order valence-electron chi connectivity index (χ1n) is 7.10. The molecule has 3 N–H and O–H groups in total. The Morgan fingerprint density at radius 3 is 2.45 bits per heavy atom. The summed E-state index contributed by atoms with van der Waals surface area (Å²) in [7, 11) is 0. The Hall–Kier alpha value is -2.82. The summed E-state index contributed by atoms with van der Waals surface area (Å²) >= 11 is 0. The number of hydrogen-bond acceptors (Lipinski definition) is 3. The fourth-order valence-electron chi connectivity index (χ4n) is 2.15. The Morgan fingerprint density at radius 1 is 1.09 bits per heavy atom. The molecule has 5 nitrogen and oxygen atoms in total. The molecule has 2 rings (SSSR count). The monoisotopic (exact) mass is 297 g/mol. The molecule has 0 aromatic heterocycles. The number of carbonyl (C=O) groups excluding carboxylic acids is 2. The summed E-state index contributed by atoms with van der Waals surface area (Å²) in [5.41, 5.74) is 7.15. The first-order chi connectivity index (χ1) is 10.6. The highest BCUT2D eigenvalue weighted by Crippen LogP contribution is 2.14. The maximum Gasteiger partial charge on any atom is 0.248 e. The summed E-state index contributed by atoms with van der Waals surface area (Å²) in [6, 6.07) is 16.3. The lowest BCUT2D eigenvalue weighted by Gasteiger charge is -2.22. The predicted octanol–water partition coefficient (Wildman–Crippen LogP) is 2.25. The van der Waals surface area contributed by atoms with Crippen LogP contribution in [0, 0.1) is 0 Å². The molecule has 0 fully saturated rings. The maximum absolute atomic E-state index is 12.2. The van der Waals surface area contributed by atoms with Crippen molar-refractivity contribution in [2.24, 2.45) is 5.73 Å². The Bertz CT molecular complexity index is 656. The van der Waals surface area contributed by atoms with E-state index < -0.39 is 5.91 Å². The van der Waals surface area contributed by atoms with E-state index in [4.69, 9.17) is 5.73 Å². The smallest absolute Gasteiger partial charge is 0.248 e. The van der Waals surface area contributed by atoms with Crippen LogP contribution in [0.25, 0.3) is 0 Å². The van der Waals surface area contributed by atoms with E-state index in [9.17, 15) is 9.59 Å². The second-order valence-corrected chi connectivity index (χ2v) is 4.84. The molecule has 114 valence electrons.